The Morgan fingerprint density at radius 2 is 1.67 bits per heavy atom. The third-order valence-electron chi connectivity index (χ3n) is 3.66. The Bertz CT molecular complexity index is 670. The summed E-state index contributed by atoms with van der Waals surface area (Å²) in [7, 11) is 1.72. The number of nitrogens with zero attached hydrogens (tertiary/aromatic N) is 1. The number of anilines is 1. The van der Waals surface area contributed by atoms with Crippen LogP contribution >= 0.6 is 0 Å². The van der Waals surface area contributed by atoms with E-state index in [9.17, 15) is 13.6 Å². The lowest BCUT2D eigenvalue weighted by atomic mass is 10.0. The minimum absolute atomic E-state index is 0.0307. The summed E-state index contributed by atoms with van der Waals surface area (Å²) in [5.74, 6) is -1.24. The molecule has 21 heavy (non-hydrogen) atoms. The Labute approximate surface area is 123 Å². The number of Topliss-reactive ketones (excluding diaryl/α,β-unsaturated/α-hetero) is 1. The van der Waals surface area contributed by atoms with Crippen LogP contribution in [0.2, 0.25) is 0 Å². The van der Waals surface area contributed by atoms with E-state index in [-0.39, 0.29) is 23.2 Å². The van der Waals surface area contributed by atoms with Gasteiger partial charge < -0.3 is 4.90 Å². The van der Waals surface area contributed by atoms with Crippen molar-refractivity contribution in [3.63, 3.8) is 0 Å². The van der Waals surface area contributed by atoms with E-state index in [2.05, 4.69) is 0 Å². The topological polar surface area (TPSA) is 20.3 Å². The molecule has 0 fully saturated rings. The van der Waals surface area contributed by atoms with E-state index in [1.54, 1.807) is 42.3 Å². The lowest BCUT2D eigenvalue weighted by molar-refractivity contribution is 0.101. The molecule has 0 radical (unpaired) electrons. The van der Waals surface area contributed by atoms with E-state index in [1.807, 2.05) is 6.92 Å². The van der Waals surface area contributed by atoms with Crippen LogP contribution in [0.3, 0.4) is 0 Å². The van der Waals surface area contributed by atoms with Crippen LogP contribution < -0.4 is 4.90 Å². The number of hydrogen-bond acceptors (Lipinski definition) is 2. The van der Waals surface area contributed by atoms with E-state index in [0.717, 1.165) is 0 Å². The van der Waals surface area contributed by atoms with Gasteiger partial charge in [0.15, 0.2) is 5.78 Å². The molecule has 0 aromatic heterocycles. The van der Waals surface area contributed by atoms with Gasteiger partial charge in [-0.3, -0.25) is 4.79 Å². The Morgan fingerprint density at radius 1 is 1.05 bits per heavy atom. The highest BCUT2D eigenvalue weighted by Gasteiger charge is 2.21. The summed E-state index contributed by atoms with van der Waals surface area (Å²) < 4.78 is 27.8. The predicted molar refractivity (Wildman–Crippen MR) is 79.6 cm³/mol. The van der Waals surface area contributed by atoms with Gasteiger partial charge in [-0.15, -0.1) is 0 Å². The zero-order chi connectivity index (χ0) is 15.6. The zero-order valence-electron chi connectivity index (χ0n) is 12.2. The quantitative estimate of drug-likeness (QED) is 0.779. The molecule has 1 atom stereocenters. The largest absolute Gasteiger partial charge is 0.367 e. The molecule has 0 heterocycles. The third-order valence-corrected chi connectivity index (χ3v) is 3.66. The van der Waals surface area contributed by atoms with E-state index < -0.39 is 5.82 Å². The summed E-state index contributed by atoms with van der Waals surface area (Å²) in [6.07, 6.45) is 0. The van der Waals surface area contributed by atoms with Crippen molar-refractivity contribution in [3.8, 4) is 0 Å². The fraction of sp³-hybridized carbons (Fsp3) is 0.235. The van der Waals surface area contributed by atoms with Gasteiger partial charge in [-0.2, -0.15) is 0 Å². The standard InChI is InChI=1S/C17H17F2NO/c1-11(13-7-4-5-8-14(13)18)20(3)16-10-6-9-15(19)17(16)12(2)21/h4-11H,1-3H3. The summed E-state index contributed by atoms with van der Waals surface area (Å²) in [5.41, 5.74) is 0.986. The third kappa shape index (κ3) is 2.94. The molecular formula is C17H17F2NO. The number of carbonyl (C=O) groups excluding carboxylic acids is 1. The Hall–Kier alpha value is -2.23. The van der Waals surface area contributed by atoms with Gasteiger partial charge in [-0.25, -0.2) is 8.78 Å². The van der Waals surface area contributed by atoms with Gasteiger partial charge in [0.25, 0.3) is 0 Å². The first-order chi connectivity index (χ1) is 9.93. The number of ketones is 1. The van der Waals surface area contributed by atoms with Crippen LogP contribution in [0.4, 0.5) is 14.5 Å². The fourth-order valence-electron chi connectivity index (χ4n) is 2.39. The highest BCUT2D eigenvalue weighted by molar-refractivity contribution is 6.00. The number of benzene rings is 2. The Balaban J connectivity index is 2.46. The van der Waals surface area contributed by atoms with E-state index in [0.29, 0.717) is 11.3 Å². The smallest absolute Gasteiger partial charge is 0.164 e. The second-order valence-electron chi connectivity index (χ2n) is 5.00. The first kappa shape index (κ1) is 15.2. The van der Waals surface area contributed by atoms with Gasteiger partial charge in [0.1, 0.15) is 11.6 Å². The number of carbonyl (C=O) groups is 1. The van der Waals surface area contributed by atoms with Crippen LogP contribution in [-0.4, -0.2) is 12.8 Å². The van der Waals surface area contributed by atoms with Crippen LogP contribution in [0.25, 0.3) is 0 Å². The number of rotatable bonds is 4. The molecule has 0 saturated carbocycles. The summed E-state index contributed by atoms with van der Waals surface area (Å²) in [4.78, 5) is 13.4. The maximum Gasteiger partial charge on any atom is 0.164 e. The maximum absolute atomic E-state index is 13.9. The van der Waals surface area contributed by atoms with Crippen LogP contribution in [0.15, 0.2) is 42.5 Å². The van der Waals surface area contributed by atoms with Gasteiger partial charge in [0, 0.05) is 12.6 Å². The molecule has 110 valence electrons. The maximum atomic E-state index is 13.9. The first-order valence-corrected chi connectivity index (χ1v) is 6.70. The van der Waals surface area contributed by atoms with Crippen molar-refractivity contribution >= 4 is 11.5 Å². The second kappa shape index (κ2) is 6.04. The molecule has 0 saturated heterocycles. The van der Waals surface area contributed by atoms with Crippen LogP contribution in [-0.2, 0) is 0 Å². The van der Waals surface area contributed by atoms with Crippen molar-refractivity contribution in [2.24, 2.45) is 0 Å². The predicted octanol–water partition coefficient (Wildman–Crippen LogP) is 4.36. The van der Waals surface area contributed by atoms with Crippen LogP contribution in [0.5, 0.6) is 0 Å². The minimum atomic E-state index is -0.562. The van der Waals surface area contributed by atoms with Gasteiger partial charge in [-0.1, -0.05) is 24.3 Å². The van der Waals surface area contributed by atoms with Crippen molar-refractivity contribution in [1.29, 1.82) is 0 Å². The first-order valence-electron chi connectivity index (χ1n) is 6.70. The van der Waals surface area contributed by atoms with Crippen molar-refractivity contribution in [2.75, 3.05) is 11.9 Å². The van der Waals surface area contributed by atoms with Gasteiger partial charge in [-0.05, 0) is 32.0 Å². The van der Waals surface area contributed by atoms with Crippen molar-refractivity contribution in [2.45, 2.75) is 19.9 Å². The molecule has 0 aliphatic heterocycles. The average Bonchev–Trinajstić information content (AvgIpc) is 2.45. The monoisotopic (exact) mass is 289 g/mol. The van der Waals surface area contributed by atoms with Gasteiger partial charge in [0.2, 0.25) is 0 Å². The molecule has 0 bridgehead atoms. The van der Waals surface area contributed by atoms with E-state index in [1.165, 1.54) is 19.1 Å². The Morgan fingerprint density at radius 3 is 2.29 bits per heavy atom. The molecule has 2 aromatic carbocycles. The van der Waals surface area contributed by atoms with Crippen LogP contribution in [0, 0.1) is 11.6 Å². The van der Waals surface area contributed by atoms with E-state index in [4.69, 9.17) is 0 Å². The number of halogens is 2. The van der Waals surface area contributed by atoms with E-state index >= 15 is 0 Å². The highest BCUT2D eigenvalue weighted by Crippen LogP contribution is 2.30. The fourth-order valence-corrected chi connectivity index (χ4v) is 2.39. The zero-order valence-corrected chi connectivity index (χ0v) is 12.2. The van der Waals surface area contributed by atoms with Crippen molar-refractivity contribution in [1.82, 2.24) is 0 Å². The molecule has 2 rings (SSSR count). The van der Waals surface area contributed by atoms with Crippen molar-refractivity contribution in [3.05, 3.63) is 65.2 Å². The molecule has 4 heteroatoms. The molecule has 1 unspecified atom stereocenters. The molecule has 0 amide bonds. The highest BCUT2D eigenvalue weighted by atomic mass is 19.1. The molecular weight excluding hydrogens is 272 g/mol. The molecule has 0 aliphatic carbocycles. The Kier molecular flexibility index (Phi) is 4.36. The van der Waals surface area contributed by atoms with Crippen molar-refractivity contribution < 1.29 is 13.6 Å². The van der Waals surface area contributed by atoms with Crippen LogP contribution in [0.1, 0.15) is 35.8 Å². The summed E-state index contributed by atoms with van der Waals surface area (Å²) in [6, 6.07) is 10.6. The SMILES string of the molecule is CC(=O)c1c(F)cccc1N(C)C(C)c1ccccc1F. The molecule has 0 N–H and O–H groups in total. The molecule has 2 nitrogen and oxygen atoms in total. The number of hydrogen-bond donors (Lipinski definition) is 0. The van der Waals surface area contributed by atoms with Gasteiger partial charge in [0.05, 0.1) is 17.3 Å². The minimum Gasteiger partial charge on any atom is -0.367 e. The molecule has 0 spiro atoms. The summed E-state index contributed by atoms with van der Waals surface area (Å²) in [6.45, 7) is 3.14. The van der Waals surface area contributed by atoms with Gasteiger partial charge >= 0.3 is 0 Å². The lowest BCUT2D eigenvalue weighted by Gasteiger charge is -2.29. The molecule has 2 aromatic rings. The normalized spacial score (nSPS) is 12.0. The lowest BCUT2D eigenvalue weighted by Crippen LogP contribution is -2.24. The summed E-state index contributed by atoms with van der Waals surface area (Å²) >= 11 is 0. The molecule has 0 aliphatic rings. The average molecular weight is 289 g/mol. The summed E-state index contributed by atoms with van der Waals surface area (Å²) in [5, 5.41) is 0. The second-order valence-corrected chi connectivity index (χ2v) is 5.00.